The molecule has 0 aliphatic carbocycles. The lowest BCUT2D eigenvalue weighted by atomic mass is 10.0. The van der Waals surface area contributed by atoms with Crippen molar-refractivity contribution in [1.29, 1.82) is 0 Å². The molecule has 4 nitrogen and oxygen atoms in total. The van der Waals surface area contributed by atoms with Gasteiger partial charge in [0.1, 0.15) is 6.10 Å². The summed E-state index contributed by atoms with van der Waals surface area (Å²) in [5.74, 6) is -0.214. The van der Waals surface area contributed by atoms with E-state index >= 15 is 0 Å². The van der Waals surface area contributed by atoms with Crippen LogP contribution < -0.4 is 0 Å². The second-order valence-corrected chi connectivity index (χ2v) is 13.3. The molecule has 4 heteroatoms. The summed E-state index contributed by atoms with van der Waals surface area (Å²) in [7, 11) is 0. The summed E-state index contributed by atoms with van der Waals surface area (Å²) in [6.07, 6.45) is 56.7. The molecular weight excluding hydrogens is 604 g/mol. The van der Waals surface area contributed by atoms with E-state index in [0.29, 0.717) is 13.0 Å². The van der Waals surface area contributed by atoms with E-state index in [1.807, 2.05) is 0 Å². The molecule has 0 aromatic heterocycles. The Balaban J connectivity index is 3.54. The number of hydrogen-bond acceptors (Lipinski definition) is 4. The fraction of sp³-hybridized carbons (Fsp3) is 0.711. The molecule has 0 amide bonds. The predicted molar refractivity (Wildman–Crippen MR) is 214 cm³/mol. The molecule has 0 fully saturated rings. The molecule has 0 radical (unpaired) electrons. The Morgan fingerprint density at radius 1 is 0.510 bits per heavy atom. The van der Waals surface area contributed by atoms with E-state index in [1.165, 1.54) is 83.5 Å². The van der Waals surface area contributed by atoms with Gasteiger partial charge in [-0.3, -0.25) is 4.79 Å². The zero-order valence-electron chi connectivity index (χ0n) is 32.2. The number of hydrogen-bond donors (Lipinski definition) is 1. The molecule has 0 aliphatic rings. The minimum atomic E-state index is -0.553. The number of aliphatic hydroxyl groups is 1. The van der Waals surface area contributed by atoms with Crippen LogP contribution in [0.15, 0.2) is 72.9 Å². The standard InChI is InChI=1S/C45H78O4/c1-3-5-7-9-11-13-15-17-19-20-21-22-23-24-25-27-29-31-33-35-37-39-41-48-43-44(42-46)49-45(47)40-38-36-34-32-30-28-26-18-16-14-12-10-8-6-4-2/h5,7,11,13,17,19,21-22,24-25,29,31,44,46H,3-4,6,8-10,12,14-16,18,20,23,26-28,30,32-43H2,1-2H3/b7-5-,13-11-,19-17-,22-21-,25-24-,31-29-. The van der Waals surface area contributed by atoms with Crippen LogP contribution in [-0.2, 0) is 14.3 Å². The van der Waals surface area contributed by atoms with Gasteiger partial charge in [0.15, 0.2) is 0 Å². The Hall–Kier alpha value is -2.17. The van der Waals surface area contributed by atoms with Crippen LogP contribution in [0.25, 0.3) is 0 Å². The first-order valence-corrected chi connectivity index (χ1v) is 20.5. The van der Waals surface area contributed by atoms with Crippen molar-refractivity contribution < 1.29 is 19.4 Å². The zero-order valence-corrected chi connectivity index (χ0v) is 32.2. The summed E-state index contributed by atoms with van der Waals surface area (Å²) >= 11 is 0. The highest BCUT2D eigenvalue weighted by molar-refractivity contribution is 5.69. The van der Waals surface area contributed by atoms with Gasteiger partial charge >= 0.3 is 5.97 Å². The average molecular weight is 683 g/mol. The lowest BCUT2D eigenvalue weighted by Crippen LogP contribution is -2.27. The first-order chi connectivity index (χ1) is 24.2. The summed E-state index contributed by atoms with van der Waals surface area (Å²) in [5, 5.41) is 9.58. The van der Waals surface area contributed by atoms with Crippen LogP contribution in [-0.4, -0.2) is 37.0 Å². The van der Waals surface area contributed by atoms with Crippen molar-refractivity contribution in [3.8, 4) is 0 Å². The Labute approximate surface area is 304 Å². The quantitative estimate of drug-likeness (QED) is 0.0402. The van der Waals surface area contributed by atoms with Gasteiger partial charge in [0.05, 0.1) is 13.2 Å². The van der Waals surface area contributed by atoms with E-state index in [0.717, 1.165) is 77.0 Å². The highest BCUT2D eigenvalue weighted by atomic mass is 16.6. The Morgan fingerprint density at radius 2 is 0.918 bits per heavy atom. The molecule has 0 saturated carbocycles. The Kier molecular flexibility index (Phi) is 40.1. The maximum Gasteiger partial charge on any atom is 0.306 e. The molecule has 282 valence electrons. The summed E-state index contributed by atoms with van der Waals surface area (Å²) in [5.41, 5.74) is 0. The summed E-state index contributed by atoms with van der Waals surface area (Å²) < 4.78 is 11.1. The second-order valence-electron chi connectivity index (χ2n) is 13.3. The second kappa shape index (κ2) is 42.0. The van der Waals surface area contributed by atoms with Crippen LogP contribution in [0.2, 0.25) is 0 Å². The predicted octanol–water partition coefficient (Wildman–Crippen LogP) is 13.4. The van der Waals surface area contributed by atoms with E-state index in [9.17, 15) is 9.90 Å². The lowest BCUT2D eigenvalue weighted by molar-refractivity contribution is -0.154. The monoisotopic (exact) mass is 683 g/mol. The van der Waals surface area contributed by atoms with Crippen molar-refractivity contribution in [2.24, 2.45) is 0 Å². The highest BCUT2D eigenvalue weighted by Crippen LogP contribution is 2.14. The first kappa shape index (κ1) is 46.8. The molecule has 49 heavy (non-hydrogen) atoms. The Morgan fingerprint density at radius 3 is 1.37 bits per heavy atom. The van der Waals surface area contributed by atoms with Crippen molar-refractivity contribution in [3.63, 3.8) is 0 Å². The lowest BCUT2D eigenvalue weighted by Gasteiger charge is -2.15. The number of carbonyl (C=O) groups excluding carboxylic acids is 1. The Bertz CT molecular complexity index is 850. The molecular formula is C45H78O4. The molecule has 0 saturated heterocycles. The highest BCUT2D eigenvalue weighted by Gasteiger charge is 2.13. The third-order valence-electron chi connectivity index (χ3n) is 8.55. The smallest absolute Gasteiger partial charge is 0.306 e. The van der Waals surface area contributed by atoms with Gasteiger partial charge < -0.3 is 14.6 Å². The third kappa shape index (κ3) is 40.1. The topological polar surface area (TPSA) is 55.8 Å². The van der Waals surface area contributed by atoms with Gasteiger partial charge in [-0.05, 0) is 64.2 Å². The third-order valence-corrected chi connectivity index (χ3v) is 8.55. The number of unbranched alkanes of at least 4 members (excludes halogenated alkanes) is 17. The minimum absolute atomic E-state index is 0.187. The number of allylic oxidation sites excluding steroid dienone is 12. The summed E-state index contributed by atoms with van der Waals surface area (Å²) in [6.45, 7) is 5.16. The van der Waals surface area contributed by atoms with Crippen LogP contribution in [0.5, 0.6) is 0 Å². The van der Waals surface area contributed by atoms with Crippen LogP contribution >= 0.6 is 0 Å². The summed E-state index contributed by atoms with van der Waals surface area (Å²) in [6, 6.07) is 0. The number of ether oxygens (including phenoxy) is 2. The molecule has 0 heterocycles. The molecule has 1 unspecified atom stereocenters. The minimum Gasteiger partial charge on any atom is -0.457 e. The van der Waals surface area contributed by atoms with E-state index in [1.54, 1.807) is 0 Å². The van der Waals surface area contributed by atoms with Crippen LogP contribution in [0.4, 0.5) is 0 Å². The number of esters is 1. The molecule has 0 rings (SSSR count). The molecule has 1 atom stereocenters. The fourth-order valence-electron chi connectivity index (χ4n) is 5.51. The van der Waals surface area contributed by atoms with E-state index in [2.05, 4.69) is 86.8 Å². The van der Waals surface area contributed by atoms with Crippen LogP contribution in [0.3, 0.4) is 0 Å². The maximum absolute atomic E-state index is 12.2. The maximum atomic E-state index is 12.2. The van der Waals surface area contributed by atoms with Gasteiger partial charge in [-0.15, -0.1) is 0 Å². The largest absolute Gasteiger partial charge is 0.457 e. The molecule has 1 N–H and O–H groups in total. The SMILES string of the molecule is CC/C=C\C/C=C\C/C=C\C/C=C\C/C=C\C/C=C\CCCCCOCC(CO)OC(=O)CCCCCCCCCCCCCCCCC. The molecule has 0 aromatic rings. The van der Waals surface area contributed by atoms with Crippen molar-refractivity contribution in [2.45, 2.75) is 187 Å². The van der Waals surface area contributed by atoms with Crippen LogP contribution in [0.1, 0.15) is 181 Å². The summed E-state index contributed by atoms with van der Waals surface area (Å²) in [4.78, 5) is 12.2. The zero-order chi connectivity index (χ0) is 35.6. The average Bonchev–Trinajstić information content (AvgIpc) is 3.11. The molecule has 0 aliphatic heterocycles. The first-order valence-electron chi connectivity index (χ1n) is 20.5. The normalized spacial score (nSPS) is 13.1. The van der Waals surface area contributed by atoms with Gasteiger partial charge in [-0.2, -0.15) is 0 Å². The molecule has 0 bridgehead atoms. The van der Waals surface area contributed by atoms with Gasteiger partial charge in [-0.25, -0.2) is 0 Å². The van der Waals surface area contributed by atoms with E-state index < -0.39 is 6.10 Å². The van der Waals surface area contributed by atoms with E-state index in [-0.39, 0.29) is 19.2 Å². The van der Waals surface area contributed by atoms with Gasteiger partial charge in [0.25, 0.3) is 0 Å². The van der Waals surface area contributed by atoms with Crippen molar-refractivity contribution in [2.75, 3.05) is 19.8 Å². The van der Waals surface area contributed by atoms with Crippen molar-refractivity contribution in [3.05, 3.63) is 72.9 Å². The van der Waals surface area contributed by atoms with Crippen LogP contribution in [0, 0.1) is 0 Å². The fourth-order valence-corrected chi connectivity index (χ4v) is 5.51. The number of rotatable bonds is 37. The number of carbonyl (C=O) groups is 1. The molecule has 0 aromatic carbocycles. The van der Waals surface area contributed by atoms with Gasteiger partial charge in [0.2, 0.25) is 0 Å². The van der Waals surface area contributed by atoms with Gasteiger partial charge in [0, 0.05) is 13.0 Å². The van der Waals surface area contributed by atoms with E-state index in [4.69, 9.17) is 9.47 Å². The van der Waals surface area contributed by atoms with Crippen molar-refractivity contribution in [1.82, 2.24) is 0 Å². The van der Waals surface area contributed by atoms with Crippen molar-refractivity contribution >= 4 is 5.97 Å². The number of aliphatic hydroxyl groups excluding tert-OH is 1. The molecule has 0 spiro atoms. The van der Waals surface area contributed by atoms with Gasteiger partial charge in [-0.1, -0.05) is 183 Å².